The summed E-state index contributed by atoms with van der Waals surface area (Å²) in [6.07, 6.45) is 1.77. The number of unbranched alkanes of at least 4 members (excludes halogenated alkanes) is 1. The maximum atomic E-state index is 13.5. The molecule has 0 aliphatic heterocycles. The third-order valence-corrected chi connectivity index (χ3v) is 3.25. The molecular weight excluding hydrogens is 476 g/mol. The number of nitrogens with zero attached hydrogens (tertiary/aromatic N) is 1. The average molecular weight is 502 g/mol. The third kappa shape index (κ3) is 9.80. The fourth-order valence-electron chi connectivity index (χ4n) is 1.99. The van der Waals surface area contributed by atoms with E-state index in [0.29, 0.717) is 32.3 Å². The largest absolute Gasteiger partial charge is 0.382 e. The molecule has 1 aromatic rings. The highest BCUT2D eigenvalue weighted by atomic mass is 127. The van der Waals surface area contributed by atoms with Crippen LogP contribution in [0.5, 0.6) is 0 Å². The van der Waals surface area contributed by atoms with Gasteiger partial charge >= 0.3 is 0 Å². The van der Waals surface area contributed by atoms with E-state index >= 15 is 0 Å². The maximum Gasteiger partial charge on any atom is 0.246 e. The van der Waals surface area contributed by atoms with Gasteiger partial charge in [0.1, 0.15) is 6.54 Å². The minimum absolute atomic E-state index is 0. The Morgan fingerprint density at radius 2 is 1.85 bits per heavy atom. The van der Waals surface area contributed by atoms with Gasteiger partial charge in [0.25, 0.3) is 0 Å². The molecule has 3 N–H and O–H groups in total. The first-order valence-electron chi connectivity index (χ1n) is 8.52. The predicted octanol–water partition coefficient (Wildman–Crippen LogP) is 3.03. The second-order valence-electron chi connectivity index (χ2n) is 5.30. The van der Waals surface area contributed by atoms with E-state index in [9.17, 15) is 18.0 Å². The molecule has 0 radical (unpaired) electrons. The molecule has 0 spiro atoms. The van der Waals surface area contributed by atoms with Gasteiger partial charge in [0.15, 0.2) is 23.4 Å². The second-order valence-corrected chi connectivity index (χ2v) is 5.30. The van der Waals surface area contributed by atoms with Crippen LogP contribution in [0.25, 0.3) is 0 Å². The quantitative estimate of drug-likeness (QED) is 0.151. The number of anilines is 1. The lowest BCUT2D eigenvalue weighted by molar-refractivity contribution is -0.114. The van der Waals surface area contributed by atoms with Crippen molar-refractivity contribution in [1.82, 2.24) is 10.6 Å². The molecule has 0 bridgehead atoms. The molecule has 1 rings (SSSR count). The number of carbonyl (C=O) groups excluding carboxylic acids is 1. The Kier molecular flexibility index (Phi) is 13.7. The van der Waals surface area contributed by atoms with Crippen molar-refractivity contribution < 1.29 is 22.7 Å². The summed E-state index contributed by atoms with van der Waals surface area (Å²) in [6, 6.07) is 1.70. The van der Waals surface area contributed by atoms with Crippen LogP contribution in [-0.4, -0.2) is 44.7 Å². The van der Waals surface area contributed by atoms with Gasteiger partial charge in [0.2, 0.25) is 5.91 Å². The lowest BCUT2D eigenvalue weighted by Gasteiger charge is -2.11. The Labute approximate surface area is 174 Å². The van der Waals surface area contributed by atoms with E-state index < -0.39 is 29.0 Å². The van der Waals surface area contributed by atoms with Crippen molar-refractivity contribution in [1.29, 1.82) is 0 Å². The summed E-state index contributed by atoms with van der Waals surface area (Å²) in [5.41, 5.74) is -0.432. The molecule has 10 heteroatoms. The normalized spacial score (nSPS) is 10.9. The molecule has 1 aromatic carbocycles. The van der Waals surface area contributed by atoms with E-state index in [0.717, 1.165) is 25.0 Å². The number of carbonyl (C=O) groups is 1. The molecule has 0 fully saturated rings. The van der Waals surface area contributed by atoms with Crippen molar-refractivity contribution in [2.24, 2.45) is 4.99 Å². The highest BCUT2D eigenvalue weighted by Gasteiger charge is 2.15. The number of hydrogen-bond acceptors (Lipinski definition) is 3. The van der Waals surface area contributed by atoms with Crippen molar-refractivity contribution in [2.75, 3.05) is 38.2 Å². The van der Waals surface area contributed by atoms with Gasteiger partial charge in [-0.3, -0.25) is 4.79 Å². The molecule has 0 saturated heterocycles. The molecule has 0 heterocycles. The monoisotopic (exact) mass is 502 g/mol. The van der Waals surface area contributed by atoms with Gasteiger partial charge in [-0.05, 0) is 38.8 Å². The standard InChI is InChI=1S/C17H25F3N4O2.HI/c1-3-21-17(22-9-5-6-10-26-4-2)23-11-14(25)24-13-8-7-12(18)15(19)16(13)20;/h7-8H,3-6,9-11H2,1-2H3,(H,24,25)(H2,21,22,23);1H. The number of guanidine groups is 1. The number of amides is 1. The van der Waals surface area contributed by atoms with E-state index in [1.807, 2.05) is 13.8 Å². The average Bonchev–Trinajstić information content (AvgIpc) is 2.63. The van der Waals surface area contributed by atoms with Gasteiger partial charge < -0.3 is 20.7 Å². The lowest BCUT2D eigenvalue weighted by Crippen LogP contribution is -2.38. The molecular formula is C17H26F3IN4O2. The summed E-state index contributed by atoms with van der Waals surface area (Å²) in [7, 11) is 0. The SMILES string of the molecule is CCNC(=NCC(=O)Nc1ccc(F)c(F)c1F)NCCCCOCC.I. The van der Waals surface area contributed by atoms with Gasteiger partial charge in [-0.25, -0.2) is 18.2 Å². The summed E-state index contributed by atoms with van der Waals surface area (Å²) in [6.45, 7) is 6.14. The first-order valence-corrected chi connectivity index (χ1v) is 8.52. The predicted molar refractivity (Wildman–Crippen MR) is 110 cm³/mol. The van der Waals surface area contributed by atoms with Crippen LogP contribution in [-0.2, 0) is 9.53 Å². The fourth-order valence-corrected chi connectivity index (χ4v) is 1.99. The summed E-state index contributed by atoms with van der Waals surface area (Å²) >= 11 is 0. The minimum atomic E-state index is -1.63. The Bertz CT molecular complexity index is 618. The van der Waals surface area contributed by atoms with Gasteiger partial charge in [-0.15, -0.1) is 24.0 Å². The number of halogens is 4. The first kappa shape index (κ1) is 25.4. The zero-order valence-electron chi connectivity index (χ0n) is 15.4. The highest BCUT2D eigenvalue weighted by molar-refractivity contribution is 14.0. The summed E-state index contributed by atoms with van der Waals surface area (Å²) in [4.78, 5) is 15.9. The van der Waals surface area contributed by atoms with Crippen molar-refractivity contribution in [3.05, 3.63) is 29.6 Å². The van der Waals surface area contributed by atoms with Crippen LogP contribution in [0, 0.1) is 17.5 Å². The topological polar surface area (TPSA) is 74.8 Å². The number of rotatable bonds is 10. The Hall–Kier alpha value is -1.56. The van der Waals surface area contributed by atoms with E-state index in [1.165, 1.54) is 0 Å². The third-order valence-electron chi connectivity index (χ3n) is 3.25. The van der Waals surface area contributed by atoms with Crippen molar-refractivity contribution in [2.45, 2.75) is 26.7 Å². The Balaban J connectivity index is 0.00000676. The van der Waals surface area contributed by atoms with Gasteiger partial charge in [-0.2, -0.15) is 0 Å². The minimum Gasteiger partial charge on any atom is -0.382 e. The van der Waals surface area contributed by atoms with Crippen molar-refractivity contribution in [3.63, 3.8) is 0 Å². The van der Waals surface area contributed by atoms with E-state index in [-0.39, 0.29) is 30.5 Å². The van der Waals surface area contributed by atoms with Crippen LogP contribution >= 0.6 is 24.0 Å². The molecule has 27 heavy (non-hydrogen) atoms. The summed E-state index contributed by atoms with van der Waals surface area (Å²) < 4.78 is 44.8. The Morgan fingerprint density at radius 1 is 1.11 bits per heavy atom. The highest BCUT2D eigenvalue weighted by Crippen LogP contribution is 2.19. The lowest BCUT2D eigenvalue weighted by atomic mass is 10.3. The van der Waals surface area contributed by atoms with Crippen LogP contribution in [0.15, 0.2) is 17.1 Å². The molecule has 6 nitrogen and oxygen atoms in total. The number of hydrogen-bond donors (Lipinski definition) is 3. The van der Waals surface area contributed by atoms with E-state index in [4.69, 9.17) is 4.74 Å². The molecule has 0 atom stereocenters. The smallest absolute Gasteiger partial charge is 0.246 e. The molecule has 0 aromatic heterocycles. The van der Waals surface area contributed by atoms with Crippen LogP contribution in [0.2, 0.25) is 0 Å². The molecule has 0 unspecified atom stereocenters. The van der Waals surface area contributed by atoms with E-state index in [2.05, 4.69) is 20.9 Å². The van der Waals surface area contributed by atoms with Gasteiger partial charge in [0, 0.05) is 26.3 Å². The number of benzene rings is 1. The second kappa shape index (κ2) is 14.5. The van der Waals surface area contributed by atoms with Crippen LogP contribution < -0.4 is 16.0 Å². The summed E-state index contributed by atoms with van der Waals surface area (Å²) in [5.74, 6) is -4.61. The van der Waals surface area contributed by atoms with Crippen molar-refractivity contribution in [3.8, 4) is 0 Å². The van der Waals surface area contributed by atoms with E-state index in [1.54, 1.807) is 0 Å². The molecule has 154 valence electrons. The molecule has 0 aliphatic rings. The zero-order valence-corrected chi connectivity index (χ0v) is 17.7. The first-order chi connectivity index (χ1) is 12.5. The fraction of sp³-hybridized carbons (Fsp3) is 0.529. The number of aliphatic imine (C=N–C) groups is 1. The Morgan fingerprint density at radius 3 is 2.52 bits per heavy atom. The summed E-state index contributed by atoms with van der Waals surface area (Å²) in [5, 5.41) is 8.21. The van der Waals surface area contributed by atoms with Crippen LogP contribution in [0.3, 0.4) is 0 Å². The van der Waals surface area contributed by atoms with Gasteiger partial charge in [0.05, 0.1) is 5.69 Å². The van der Waals surface area contributed by atoms with Crippen molar-refractivity contribution >= 4 is 41.5 Å². The maximum absolute atomic E-state index is 13.5. The molecule has 0 aliphatic carbocycles. The van der Waals surface area contributed by atoms with Gasteiger partial charge in [-0.1, -0.05) is 0 Å². The molecule has 0 saturated carbocycles. The number of nitrogens with one attached hydrogen (secondary N) is 3. The van der Waals surface area contributed by atoms with Crippen LogP contribution in [0.4, 0.5) is 18.9 Å². The number of ether oxygens (including phenoxy) is 1. The van der Waals surface area contributed by atoms with Crippen LogP contribution in [0.1, 0.15) is 26.7 Å². The zero-order chi connectivity index (χ0) is 19.4. The molecule has 1 amide bonds.